The molecule has 0 bridgehead atoms. The van der Waals surface area contributed by atoms with Crippen molar-refractivity contribution in [2.75, 3.05) is 20.8 Å². The minimum Gasteiger partial charge on any atom is -0.495 e. The molecule has 0 saturated carbocycles. The minimum atomic E-state index is -0.867. The van der Waals surface area contributed by atoms with Crippen LogP contribution in [0, 0.1) is 5.92 Å². The number of aliphatic carboxylic acids is 1. The highest BCUT2D eigenvalue weighted by Gasteiger charge is 2.38. The number of benzene rings is 1. The number of nitrogens with zero attached hydrogens (tertiary/aromatic N) is 1. The molecule has 0 aliphatic carbocycles. The van der Waals surface area contributed by atoms with Crippen molar-refractivity contribution in [2.45, 2.75) is 19.4 Å². The number of hydrogen-bond acceptors (Lipinski definition) is 4. The van der Waals surface area contributed by atoms with Gasteiger partial charge in [-0.25, -0.2) is 0 Å². The third kappa shape index (κ3) is 2.90. The maximum Gasteiger partial charge on any atom is 0.308 e. The molecule has 0 aromatic heterocycles. The first-order valence-corrected chi connectivity index (χ1v) is 7.65. The summed E-state index contributed by atoms with van der Waals surface area (Å²) in [5, 5.41) is 9.17. The number of rotatable bonds is 4. The Balaban J connectivity index is 2.32. The Morgan fingerprint density at radius 2 is 1.82 bits per heavy atom. The fraction of sp³-hybridized carbons (Fsp3) is 0.467. The predicted molar refractivity (Wildman–Crippen MR) is 83.5 cm³/mol. The van der Waals surface area contributed by atoms with Crippen LogP contribution in [0.2, 0.25) is 0 Å². The van der Waals surface area contributed by atoms with Crippen LogP contribution < -0.4 is 9.47 Å². The van der Waals surface area contributed by atoms with Crippen LogP contribution in [0.1, 0.15) is 23.7 Å². The van der Waals surface area contributed by atoms with Crippen LogP contribution in [0.3, 0.4) is 0 Å². The van der Waals surface area contributed by atoms with E-state index in [9.17, 15) is 14.7 Å². The second-order valence-corrected chi connectivity index (χ2v) is 5.96. The number of carboxylic acid groups (broad SMARTS) is 1. The standard InChI is InChI=1S/C15H18BrNO5/c1-8-10(15(19)20)4-5-17(8)14(18)9-6-11(21-2)13(16)12(7-9)22-3/h6-8,10H,4-5H2,1-3H3,(H,19,20). The van der Waals surface area contributed by atoms with E-state index in [2.05, 4.69) is 15.9 Å². The molecule has 1 fully saturated rings. The normalized spacial score (nSPS) is 20.8. The van der Waals surface area contributed by atoms with E-state index in [0.29, 0.717) is 34.5 Å². The monoisotopic (exact) mass is 371 g/mol. The zero-order valence-electron chi connectivity index (χ0n) is 12.6. The highest BCUT2D eigenvalue weighted by molar-refractivity contribution is 9.10. The van der Waals surface area contributed by atoms with Gasteiger partial charge in [-0.3, -0.25) is 9.59 Å². The average Bonchev–Trinajstić information content (AvgIpc) is 2.88. The van der Waals surface area contributed by atoms with Gasteiger partial charge in [-0.1, -0.05) is 0 Å². The molecule has 120 valence electrons. The molecule has 1 aliphatic heterocycles. The van der Waals surface area contributed by atoms with E-state index in [0.717, 1.165) is 0 Å². The molecular weight excluding hydrogens is 354 g/mol. The van der Waals surface area contributed by atoms with E-state index in [1.807, 2.05) is 0 Å². The predicted octanol–water partition coefficient (Wildman–Crippen LogP) is 2.40. The summed E-state index contributed by atoms with van der Waals surface area (Å²) in [6.07, 6.45) is 0.465. The zero-order chi connectivity index (χ0) is 16.4. The second kappa shape index (κ2) is 6.56. The van der Waals surface area contributed by atoms with Gasteiger partial charge in [0.05, 0.1) is 20.1 Å². The van der Waals surface area contributed by atoms with Gasteiger partial charge in [-0.2, -0.15) is 0 Å². The van der Waals surface area contributed by atoms with E-state index in [1.165, 1.54) is 14.2 Å². The molecule has 2 rings (SSSR count). The van der Waals surface area contributed by atoms with Crippen LogP contribution in [0.15, 0.2) is 16.6 Å². The summed E-state index contributed by atoms with van der Waals surface area (Å²) >= 11 is 3.36. The highest BCUT2D eigenvalue weighted by Crippen LogP contribution is 2.36. The fourth-order valence-corrected chi connectivity index (χ4v) is 3.27. The van der Waals surface area contributed by atoms with Crippen LogP contribution in [-0.4, -0.2) is 48.7 Å². The molecule has 0 spiro atoms. The SMILES string of the molecule is COc1cc(C(=O)N2CCC(C(=O)O)C2C)cc(OC)c1Br. The van der Waals surface area contributed by atoms with Crippen molar-refractivity contribution in [1.82, 2.24) is 4.90 Å². The molecule has 1 amide bonds. The number of ether oxygens (including phenoxy) is 2. The molecule has 2 unspecified atom stereocenters. The summed E-state index contributed by atoms with van der Waals surface area (Å²) in [5.41, 5.74) is 0.412. The lowest BCUT2D eigenvalue weighted by Crippen LogP contribution is -2.37. The first kappa shape index (κ1) is 16.6. The summed E-state index contributed by atoms with van der Waals surface area (Å²) in [6, 6.07) is 2.90. The number of carbonyl (C=O) groups excluding carboxylic acids is 1. The molecule has 2 atom stereocenters. The number of methoxy groups -OCH3 is 2. The van der Waals surface area contributed by atoms with Crippen molar-refractivity contribution in [1.29, 1.82) is 0 Å². The fourth-order valence-electron chi connectivity index (χ4n) is 2.72. The number of carboxylic acids is 1. The molecular formula is C15H18BrNO5. The van der Waals surface area contributed by atoms with Crippen LogP contribution in [0.5, 0.6) is 11.5 Å². The van der Waals surface area contributed by atoms with Crippen molar-refractivity contribution < 1.29 is 24.2 Å². The topological polar surface area (TPSA) is 76.1 Å². The molecule has 22 heavy (non-hydrogen) atoms. The average molecular weight is 372 g/mol. The molecule has 7 heteroatoms. The van der Waals surface area contributed by atoms with E-state index >= 15 is 0 Å². The van der Waals surface area contributed by atoms with Gasteiger partial charge in [-0.15, -0.1) is 0 Å². The maximum absolute atomic E-state index is 12.7. The van der Waals surface area contributed by atoms with Gasteiger partial charge in [0.2, 0.25) is 0 Å². The van der Waals surface area contributed by atoms with Crippen LogP contribution in [0.25, 0.3) is 0 Å². The van der Waals surface area contributed by atoms with Crippen molar-refractivity contribution in [2.24, 2.45) is 5.92 Å². The summed E-state index contributed by atoms with van der Waals surface area (Å²) in [7, 11) is 3.01. The lowest BCUT2D eigenvalue weighted by atomic mass is 10.0. The van der Waals surface area contributed by atoms with Gasteiger partial charge in [0.25, 0.3) is 5.91 Å². The molecule has 1 aliphatic rings. The second-order valence-electron chi connectivity index (χ2n) is 5.17. The number of likely N-dealkylation sites (tertiary alicyclic amines) is 1. The first-order valence-electron chi connectivity index (χ1n) is 6.86. The quantitative estimate of drug-likeness (QED) is 0.879. The van der Waals surface area contributed by atoms with Crippen LogP contribution in [-0.2, 0) is 4.79 Å². The Morgan fingerprint density at radius 3 is 2.23 bits per heavy atom. The molecule has 1 aromatic carbocycles. The highest BCUT2D eigenvalue weighted by atomic mass is 79.9. The van der Waals surface area contributed by atoms with Crippen molar-refractivity contribution >= 4 is 27.8 Å². The van der Waals surface area contributed by atoms with Gasteiger partial charge in [-0.05, 0) is 41.4 Å². The van der Waals surface area contributed by atoms with Gasteiger partial charge in [0, 0.05) is 18.2 Å². The number of carbonyl (C=O) groups is 2. The van der Waals surface area contributed by atoms with E-state index in [-0.39, 0.29) is 11.9 Å². The Hall–Kier alpha value is -1.76. The lowest BCUT2D eigenvalue weighted by molar-refractivity contribution is -0.142. The summed E-state index contributed by atoms with van der Waals surface area (Å²) in [4.78, 5) is 25.4. The Morgan fingerprint density at radius 1 is 1.27 bits per heavy atom. The van der Waals surface area contributed by atoms with Crippen molar-refractivity contribution in [3.05, 3.63) is 22.2 Å². The summed E-state index contributed by atoms with van der Waals surface area (Å²) in [6.45, 7) is 2.19. The van der Waals surface area contributed by atoms with Crippen LogP contribution in [0.4, 0.5) is 0 Å². The van der Waals surface area contributed by atoms with Crippen molar-refractivity contribution in [3.63, 3.8) is 0 Å². The van der Waals surface area contributed by atoms with Crippen molar-refractivity contribution in [3.8, 4) is 11.5 Å². The Labute approximate surface area is 137 Å². The largest absolute Gasteiger partial charge is 0.495 e. The molecule has 1 heterocycles. The molecule has 6 nitrogen and oxygen atoms in total. The third-order valence-electron chi connectivity index (χ3n) is 4.03. The smallest absolute Gasteiger partial charge is 0.308 e. The first-order chi connectivity index (χ1) is 10.4. The van der Waals surface area contributed by atoms with Gasteiger partial charge < -0.3 is 19.5 Å². The summed E-state index contributed by atoms with van der Waals surface area (Å²) < 4.78 is 11.1. The maximum atomic E-state index is 12.7. The zero-order valence-corrected chi connectivity index (χ0v) is 14.2. The molecule has 1 saturated heterocycles. The van der Waals surface area contributed by atoms with E-state index in [4.69, 9.17) is 9.47 Å². The van der Waals surface area contributed by atoms with Crippen LogP contribution >= 0.6 is 15.9 Å². The lowest BCUT2D eigenvalue weighted by Gasteiger charge is -2.24. The van der Waals surface area contributed by atoms with E-state index in [1.54, 1.807) is 24.0 Å². The number of amides is 1. The van der Waals surface area contributed by atoms with Gasteiger partial charge in [0.15, 0.2) is 0 Å². The summed E-state index contributed by atoms with van der Waals surface area (Å²) in [5.74, 6) is -0.633. The van der Waals surface area contributed by atoms with Gasteiger partial charge in [0.1, 0.15) is 16.0 Å². The minimum absolute atomic E-state index is 0.222. The molecule has 0 radical (unpaired) electrons. The Kier molecular flexibility index (Phi) is 4.95. The Bertz CT molecular complexity index is 579. The number of hydrogen-bond donors (Lipinski definition) is 1. The number of halogens is 1. The van der Waals surface area contributed by atoms with Gasteiger partial charge >= 0.3 is 5.97 Å². The molecule has 1 N–H and O–H groups in total. The van der Waals surface area contributed by atoms with E-state index < -0.39 is 11.9 Å². The third-order valence-corrected chi connectivity index (χ3v) is 4.81. The molecule has 1 aromatic rings.